The minimum absolute atomic E-state index is 0.0355. The molecule has 6 heteroatoms. The molecule has 1 aliphatic rings. The van der Waals surface area contributed by atoms with Crippen LogP contribution in [0.1, 0.15) is 25.7 Å². The van der Waals surface area contributed by atoms with E-state index in [0.717, 1.165) is 25.8 Å². The highest BCUT2D eigenvalue weighted by molar-refractivity contribution is 5.86. The molecule has 6 nitrogen and oxygen atoms in total. The number of hydrogen-bond acceptors (Lipinski definition) is 4. The van der Waals surface area contributed by atoms with Crippen LogP contribution in [0.2, 0.25) is 0 Å². The largest absolute Gasteiger partial charge is 0.480 e. The summed E-state index contributed by atoms with van der Waals surface area (Å²) in [5.41, 5.74) is 0. The molecule has 16 heavy (non-hydrogen) atoms. The van der Waals surface area contributed by atoms with Crippen LogP contribution in [0.25, 0.3) is 0 Å². The molecule has 0 aromatic heterocycles. The summed E-state index contributed by atoms with van der Waals surface area (Å²) in [6.07, 6.45) is 2.79. The first-order chi connectivity index (χ1) is 7.65. The molecular weight excluding hydrogens is 212 g/mol. The molecule has 0 aromatic rings. The molecule has 4 N–H and O–H groups in total. The fourth-order valence-corrected chi connectivity index (χ4v) is 1.73. The van der Waals surface area contributed by atoms with Gasteiger partial charge in [0.15, 0.2) is 0 Å². The maximum atomic E-state index is 11.7. The van der Waals surface area contributed by atoms with Crippen LogP contribution in [0.4, 0.5) is 0 Å². The summed E-state index contributed by atoms with van der Waals surface area (Å²) in [5, 5.41) is 22.9. The Balaban J connectivity index is 2.43. The average Bonchev–Trinajstić information content (AvgIpc) is 2.29. The van der Waals surface area contributed by atoms with E-state index in [1.807, 2.05) is 0 Å². The zero-order chi connectivity index (χ0) is 12.0. The van der Waals surface area contributed by atoms with Gasteiger partial charge in [0, 0.05) is 13.0 Å². The SMILES string of the molecule is O=C(O)C(CCO)NC(=O)[C@H]1CCCCN1. The molecule has 1 unspecified atom stereocenters. The number of carbonyl (C=O) groups is 2. The van der Waals surface area contributed by atoms with Gasteiger partial charge in [0.05, 0.1) is 6.04 Å². The third-order valence-corrected chi connectivity index (χ3v) is 2.66. The quantitative estimate of drug-likeness (QED) is 0.489. The van der Waals surface area contributed by atoms with Crippen LogP contribution in [0.3, 0.4) is 0 Å². The van der Waals surface area contributed by atoms with Crippen LogP contribution in [0.5, 0.6) is 0 Å². The van der Waals surface area contributed by atoms with Gasteiger partial charge in [-0.1, -0.05) is 6.42 Å². The highest BCUT2D eigenvalue weighted by Crippen LogP contribution is 2.07. The van der Waals surface area contributed by atoms with Crippen molar-refractivity contribution in [3.63, 3.8) is 0 Å². The third-order valence-electron chi connectivity index (χ3n) is 2.66. The second-order valence-electron chi connectivity index (χ2n) is 3.91. The van der Waals surface area contributed by atoms with Gasteiger partial charge in [0.2, 0.25) is 5.91 Å². The number of amides is 1. The van der Waals surface area contributed by atoms with E-state index in [-0.39, 0.29) is 25.0 Å². The summed E-state index contributed by atoms with van der Waals surface area (Å²) < 4.78 is 0. The molecule has 1 rings (SSSR count). The standard InChI is InChI=1S/C10H18N2O4/c13-6-4-8(10(15)16)12-9(14)7-3-1-2-5-11-7/h7-8,11,13H,1-6H2,(H,12,14)(H,15,16)/t7-,8?/m1/s1. The fraction of sp³-hybridized carbons (Fsp3) is 0.800. The van der Waals surface area contributed by atoms with Crippen molar-refractivity contribution in [1.29, 1.82) is 0 Å². The lowest BCUT2D eigenvalue weighted by Gasteiger charge is -2.24. The number of aliphatic hydroxyl groups excluding tert-OH is 1. The first-order valence-corrected chi connectivity index (χ1v) is 5.52. The third kappa shape index (κ3) is 3.79. The molecule has 92 valence electrons. The number of rotatable bonds is 5. The number of aliphatic hydroxyl groups is 1. The lowest BCUT2D eigenvalue weighted by Crippen LogP contribution is -2.51. The predicted molar refractivity (Wildman–Crippen MR) is 56.9 cm³/mol. The van der Waals surface area contributed by atoms with Crippen molar-refractivity contribution in [3.8, 4) is 0 Å². The highest BCUT2D eigenvalue weighted by Gasteiger charge is 2.25. The van der Waals surface area contributed by atoms with Gasteiger partial charge in [-0.25, -0.2) is 4.79 Å². The number of carbonyl (C=O) groups excluding carboxylic acids is 1. The van der Waals surface area contributed by atoms with Gasteiger partial charge in [-0.05, 0) is 19.4 Å². The van der Waals surface area contributed by atoms with Gasteiger partial charge < -0.3 is 20.8 Å². The predicted octanol–water partition coefficient (Wildman–Crippen LogP) is -0.920. The zero-order valence-corrected chi connectivity index (χ0v) is 9.11. The summed E-state index contributed by atoms with van der Waals surface area (Å²) >= 11 is 0. The van der Waals surface area contributed by atoms with Gasteiger partial charge in [0.1, 0.15) is 6.04 Å². The van der Waals surface area contributed by atoms with Crippen molar-refractivity contribution in [3.05, 3.63) is 0 Å². The van der Waals surface area contributed by atoms with Crippen molar-refractivity contribution >= 4 is 11.9 Å². The Labute approximate surface area is 94.0 Å². The Morgan fingerprint density at radius 1 is 1.44 bits per heavy atom. The molecule has 2 atom stereocenters. The van der Waals surface area contributed by atoms with Crippen molar-refractivity contribution < 1.29 is 19.8 Å². The smallest absolute Gasteiger partial charge is 0.326 e. The van der Waals surface area contributed by atoms with E-state index in [1.54, 1.807) is 0 Å². The summed E-state index contributed by atoms with van der Waals surface area (Å²) in [6, 6.07) is -1.30. The summed E-state index contributed by atoms with van der Waals surface area (Å²) in [4.78, 5) is 22.4. The fourth-order valence-electron chi connectivity index (χ4n) is 1.73. The minimum Gasteiger partial charge on any atom is -0.480 e. The van der Waals surface area contributed by atoms with Crippen LogP contribution < -0.4 is 10.6 Å². The van der Waals surface area contributed by atoms with Crippen molar-refractivity contribution in [2.45, 2.75) is 37.8 Å². The molecule has 0 radical (unpaired) electrons. The minimum atomic E-state index is -1.11. The molecule has 0 aromatic carbocycles. The number of carboxylic acid groups (broad SMARTS) is 1. The Hall–Kier alpha value is -1.14. The van der Waals surface area contributed by atoms with E-state index >= 15 is 0 Å². The average molecular weight is 230 g/mol. The van der Waals surface area contributed by atoms with E-state index in [9.17, 15) is 9.59 Å². The first kappa shape index (κ1) is 12.9. The van der Waals surface area contributed by atoms with Crippen LogP contribution >= 0.6 is 0 Å². The maximum absolute atomic E-state index is 11.7. The van der Waals surface area contributed by atoms with Gasteiger partial charge in [-0.15, -0.1) is 0 Å². The topological polar surface area (TPSA) is 98.7 Å². The number of nitrogens with one attached hydrogen (secondary N) is 2. The lowest BCUT2D eigenvalue weighted by molar-refractivity contribution is -0.142. The van der Waals surface area contributed by atoms with E-state index in [2.05, 4.69) is 10.6 Å². The van der Waals surface area contributed by atoms with E-state index in [4.69, 9.17) is 10.2 Å². The highest BCUT2D eigenvalue weighted by atomic mass is 16.4. The van der Waals surface area contributed by atoms with E-state index in [0.29, 0.717) is 0 Å². The van der Waals surface area contributed by atoms with E-state index in [1.165, 1.54) is 0 Å². The molecule has 1 saturated heterocycles. The Morgan fingerprint density at radius 3 is 2.69 bits per heavy atom. The molecule has 0 bridgehead atoms. The second-order valence-corrected chi connectivity index (χ2v) is 3.91. The molecular formula is C10H18N2O4. The number of aliphatic carboxylic acids is 1. The summed E-state index contributed by atoms with van der Waals surface area (Å²) in [6.45, 7) is 0.533. The van der Waals surface area contributed by atoms with Gasteiger partial charge in [-0.3, -0.25) is 4.79 Å². The Bertz CT molecular complexity index is 251. The second kappa shape index (κ2) is 6.44. The maximum Gasteiger partial charge on any atom is 0.326 e. The number of carboxylic acids is 1. The molecule has 1 aliphatic heterocycles. The molecule has 0 saturated carbocycles. The molecule has 1 amide bonds. The Morgan fingerprint density at radius 2 is 2.19 bits per heavy atom. The Kier molecular flexibility index (Phi) is 5.21. The molecule has 1 fully saturated rings. The first-order valence-electron chi connectivity index (χ1n) is 5.52. The number of hydrogen-bond donors (Lipinski definition) is 4. The molecule has 0 spiro atoms. The molecule has 0 aliphatic carbocycles. The van der Waals surface area contributed by atoms with Gasteiger partial charge in [0.25, 0.3) is 0 Å². The normalized spacial score (nSPS) is 22.4. The summed E-state index contributed by atoms with van der Waals surface area (Å²) in [7, 11) is 0. The van der Waals surface area contributed by atoms with Crippen LogP contribution in [0.15, 0.2) is 0 Å². The molecule has 1 heterocycles. The van der Waals surface area contributed by atoms with Crippen molar-refractivity contribution in [1.82, 2.24) is 10.6 Å². The van der Waals surface area contributed by atoms with Crippen LogP contribution in [0, 0.1) is 0 Å². The van der Waals surface area contributed by atoms with Gasteiger partial charge in [-0.2, -0.15) is 0 Å². The van der Waals surface area contributed by atoms with Crippen LogP contribution in [-0.4, -0.2) is 47.3 Å². The lowest BCUT2D eigenvalue weighted by atomic mass is 10.0. The summed E-state index contributed by atoms with van der Waals surface area (Å²) in [5.74, 6) is -1.40. The zero-order valence-electron chi connectivity index (χ0n) is 9.11. The van der Waals surface area contributed by atoms with Crippen molar-refractivity contribution in [2.24, 2.45) is 0 Å². The van der Waals surface area contributed by atoms with Crippen LogP contribution in [-0.2, 0) is 9.59 Å². The van der Waals surface area contributed by atoms with Gasteiger partial charge >= 0.3 is 5.97 Å². The van der Waals surface area contributed by atoms with Crippen molar-refractivity contribution in [2.75, 3.05) is 13.2 Å². The number of piperidine rings is 1. The van der Waals surface area contributed by atoms with E-state index < -0.39 is 12.0 Å². The monoisotopic (exact) mass is 230 g/mol.